The maximum atomic E-state index is 6.41. The van der Waals surface area contributed by atoms with Gasteiger partial charge in [-0.3, -0.25) is 0 Å². The van der Waals surface area contributed by atoms with Gasteiger partial charge in [-0.2, -0.15) is 12.6 Å². The number of halogens is 1. The van der Waals surface area contributed by atoms with Crippen LogP contribution < -0.4 is 5.73 Å². The Morgan fingerprint density at radius 1 is 1.43 bits per heavy atom. The number of benzene rings is 1. The molecule has 7 heteroatoms. The fraction of sp³-hybridized carbons (Fsp3) is 0.391. The molecule has 1 fully saturated rings. The number of anilines is 1. The fourth-order valence-electron chi connectivity index (χ4n) is 4.08. The highest BCUT2D eigenvalue weighted by Crippen LogP contribution is 2.39. The van der Waals surface area contributed by atoms with Crippen molar-refractivity contribution in [1.29, 1.82) is 0 Å². The Labute approximate surface area is 187 Å². The molecule has 30 heavy (non-hydrogen) atoms. The highest BCUT2D eigenvalue weighted by molar-refractivity contribution is 7.82. The normalized spacial score (nSPS) is 21.0. The quantitative estimate of drug-likeness (QED) is 0.451. The molecule has 0 aliphatic heterocycles. The lowest BCUT2D eigenvalue weighted by molar-refractivity contribution is 0.188. The summed E-state index contributed by atoms with van der Waals surface area (Å²) >= 11 is 11.3. The first kappa shape index (κ1) is 21.0. The number of nitrogens with zero attached hydrogens (tertiary/aromatic N) is 3. The minimum Gasteiger partial charge on any atom is -0.383 e. The summed E-state index contributed by atoms with van der Waals surface area (Å²) < 4.78 is 7.20. The Morgan fingerprint density at radius 3 is 3.00 bits per heavy atom. The van der Waals surface area contributed by atoms with Gasteiger partial charge < -0.3 is 15.0 Å². The third-order valence-corrected chi connectivity index (χ3v) is 6.41. The second-order valence-corrected chi connectivity index (χ2v) is 9.28. The van der Waals surface area contributed by atoms with Gasteiger partial charge in [0.2, 0.25) is 5.95 Å². The van der Waals surface area contributed by atoms with Crippen LogP contribution in [0.1, 0.15) is 31.7 Å². The van der Waals surface area contributed by atoms with Gasteiger partial charge in [0.1, 0.15) is 0 Å². The molecule has 0 bridgehead atoms. The third kappa shape index (κ3) is 4.29. The van der Waals surface area contributed by atoms with Gasteiger partial charge in [0.25, 0.3) is 0 Å². The van der Waals surface area contributed by atoms with Crippen molar-refractivity contribution in [2.75, 3.05) is 19.5 Å². The molecule has 1 aliphatic carbocycles. The van der Waals surface area contributed by atoms with Gasteiger partial charge in [-0.15, -0.1) is 0 Å². The molecule has 1 saturated carbocycles. The first-order chi connectivity index (χ1) is 14.4. The zero-order chi connectivity index (χ0) is 21.3. The number of aromatic nitrogens is 3. The lowest BCUT2D eigenvalue weighted by Crippen LogP contribution is -2.13. The average Bonchev–Trinajstić information content (AvgIpc) is 3.26. The number of rotatable bonds is 4. The predicted molar refractivity (Wildman–Crippen MR) is 126 cm³/mol. The molecule has 1 aliphatic rings. The smallest absolute Gasteiger partial charge is 0.220 e. The maximum absolute atomic E-state index is 6.41. The van der Waals surface area contributed by atoms with Gasteiger partial charge in [0.15, 0.2) is 0 Å². The fourth-order valence-corrected chi connectivity index (χ4v) is 4.77. The molecule has 156 valence electrons. The second-order valence-electron chi connectivity index (χ2n) is 8.02. The third-order valence-electron chi connectivity index (χ3n) is 5.61. The average molecular weight is 441 g/mol. The first-order valence-electron chi connectivity index (χ1n) is 10.0. The van der Waals surface area contributed by atoms with E-state index in [1.165, 1.54) is 12.6 Å². The van der Waals surface area contributed by atoms with Crippen molar-refractivity contribution in [2.45, 2.75) is 37.5 Å². The van der Waals surface area contributed by atoms with E-state index in [1.54, 1.807) is 7.11 Å². The van der Waals surface area contributed by atoms with Gasteiger partial charge in [-0.25, -0.2) is 9.97 Å². The lowest BCUT2D eigenvalue weighted by atomic mass is 10.0. The van der Waals surface area contributed by atoms with Crippen molar-refractivity contribution in [3.05, 3.63) is 41.2 Å². The Morgan fingerprint density at radius 2 is 2.27 bits per heavy atom. The van der Waals surface area contributed by atoms with E-state index in [2.05, 4.69) is 45.4 Å². The molecule has 5 nitrogen and oxygen atoms in total. The molecule has 2 atom stereocenters. The van der Waals surface area contributed by atoms with E-state index in [1.807, 2.05) is 12.3 Å². The van der Waals surface area contributed by atoms with Crippen LogP contribution in [0.25, 0.3) is 22.2 Å². The van der Waals surface area contributed by atoms with Gasteiger partial charge in [-0.1, -0.05) is 30.4 Å². The molecule has 2 N–H and O–H groups in total. The lowest BCUT2D eigenvalue weighted by Gasteiger charge is -2.14. The molecule has 2 aromatic heterocycles. The maximum Gasteiger partial charge on any atom is 0.220 e. The number of thiol groups is 1. The molecule has 4 rings (SSSR count). The number of hydrogen-bond donors (Lipinski definition) is 2. The SMILES string of the molecule is COCCn1cc(-c2nc(N)ncc2Cl)c2cc(C#CC3(S)CC[C@@H](C)C3)ccc21. The van der Waals surface area contributed by atoms with Crippen LogP contribution in [0.2, 0.25) is 5.02 Å². The van der Waals surface area contributed by atoms with E-state index < -0.39 is 0 Å². The van der Waals surface area contributed by atoms with Crippen LogP contribution in [0.3, 0.4) is 0 Å². The Bertz CT molecular complexity index is 1150. The van der Waals surface area contributed by atoms with E-state index in [4.69, 9.17) is 34.7 Å². The Balaban J connectivity index is 1.81. The minimum absolute atomic E-state index is 0.190. The monoisotopic (exact) mass is 440 g/mol. The summed E-state index contributed by atoms with van der Waals surface area (Å²) in [5, 5.41) is 1.48. The summed E-state index contributed by atoms with van der Waals surface area (Å²) in [5.74, 6) is 7.61. The summed E-state index contributed by atoms with van der Waals surface area (Å²) in [5.41, 5.74) is 9.36. The van der Waals surface area contributed by atoms with Crippen LogP contribution in [0.4, 0.5) is 5.95 Å². The summed E-state index contributed by atoms with van der Waals surface area (Å²) in [4.78, 5) is 8.37. The number of hydrogen-bond acceptors (Lipinski definition) is 5. The zero-order valence-electron chi connectivity index (χ0n) is 17.2. The number of fused-ring (bicyclic) bond motifs is 1. The molecule has 0 spiro atoms. The van der Waals surface area contributed by atoms with Crippen molar-refractivity contribution < 1.29 is 4.74 Å². The van der Waals surface area contributed by atoms with Crippen molar-refractivity contribution in [2.24, 2.45) is 5.92 Å². The molecule has 3 aromatic rings. The van der Waals surface area contributed by atoms with Crippen molar-refractivity contribution in [1.82, 2.24) is 14.5 Å². The summed E-state index contributed by atoms with van der Waals surface area (Å²) in [7, 11) is 1.69. The number of methoxy groups -OCH3 is 1. The molecule has 0 radical (unpaired) electrons. The van der Waals surface area contributed by atoms with Gasteiger partial charge >= 0.3 is 0 Å². The highest BCUT2D eigenvalue weighted by Gasteiger charge is 2.32. The van der Waals surface area contributed by atoms with E-state index in [-0.39, 0.29) is 10.7 Å². The molecule has 1 unspecified atom stereocenters. The molecular weight excluding hydrogens is 416 g/mol. The van der Waals surface area contributed by atoms with E-state index in [0.29, 0.717) is 29.8 Å². The number of nitrogen functional groups attached to an aromatic ring is 1. The molecule has 2 heterocycles. The topological polar surface area (TPSA) is 66.0 Å². The second kappa shape index (κ2) is 8.50. The number of ether oxygens (including phenoxy) is 1. The Kier molecular flexibility index (Phi) is 5.97. The van der Waals surface area contributed by atoms with Crippen LogP contribution in [-0.4, -0.2) is 33.0 Å². The van der Waals surface area contributed by atoms with Gasteiger partial charge in [0, 0.05) is 41.9 Å². The van der Waals surface area contributed by atoms with Crippen molar-refractivity contribution in [3.8, 4) is 23.1 Å². The number of nitrogens with two attached hydrogens (primary N) is 1. The van der Waals surface area contributed by atoms with Gasteiger partial charge in [-0.05, 0) is 43.4 Å². The molecule has 1 aromatic carbocycles. The van der Waals surface area contributed by atoms with E-state index in [0.717, 1.165) is 34.9 Å². The summed E-state index contributed by atoms with van der Waals surface area (Å²) in [6.45, 7) is 3.58. The van der Waals surface area contributed by atoms with Crippen LogP contribution in [0, 0.1) is 17.8 Å². The van der Waals surface area contributed by atoms with Crippen molar-refractivity contribution in [3.63, 3.8) is 0 Å². The van der Waals surface area contributed by atoms with Gasteiger partial charge in [0.05, 0.1) is 28.3 Å². The zero-order valence-corrected chi connectivity index (χ0v) is 18.8. The van der Waals surface area contributed by atoms with Crippen LogP contribution in [0.15, 0.2) is 30.6 Å². The van der Waals surface area contributed by atoms with E-state index >= 15 is 0 Å². The van der Waals surface area contributed by atoms with E-state index in [9.17, 15) is 0 Å². The van der Waals surface area contributed by atoms with Crippen molar-refractivity contribution >= 4 is 41.1 Å². The highest BCUT2D eigenvalue weighted by atomic mass is 35.5. The van der Waals surface area contributed by atoms with Crippen LogP contribution in [0.5, 0.6) is 0 Å². The largest absolute Gasteiger partial charge is 0.383 e. The summed E-state index contributed by atoms with van der Waals surface area (Å²) in [6, 6.07) is 6.22. The first-order valence-corrected chi connectivity index (χ1v) is 10.9. The molecule has 0 amide bonds. The molecule has 0 saturated heterocycles. The molecular formula is C23H25ClN4OS. The minimum atomic E-state index is -0.202. The predicted octanol–water partition coefficient (Wildman–Crippen LogP) is 4.82. The van der Waals surface area contributed by atoms with Crippen LogP contribution in [-0.2, 0) is 11.3 Å². The standard InChI is InChI=1S/C23H25ClN4OS/c1-15-5-7-23(30,12-15)8-6-16-3-4-20-17(11-16)18(14-28(20)9-10-29-2)21-19(24)13-26-22(25)27-21/h3-4,11,13-15,30H,5,7,9-10,12H2,1-2H3,(H2,25,26,27)/t15-,23?/m1/s1. The van der Waals surface area contributed by atoms with Crippen LogP contribution >= 0.6 is 24.2 Å². The summed E-state index contributed by atoms with van der Waals surface area (Å²) in [6.07, 6.45) is 6.80. The Hall–Kier alpha value is -2.20.